The van der Waals surface area contributed by atoms with Crippen LogP contribution in [0.3, 0.4) is 0 Å². The summed E-state index contributed by atoms with van der Waals surface area (Å²) in [4.78, 5) is 3.69. The lowest BCUT2D eigenvalue weighted by molar-refractivity contribution is 0.938. The predicted octanol–water partition coefficient (Wildman–Crippen LogP) is 2.23. The monoisotopic (exact) mass is 139 g/mol. The SMILES string of the molecule is CCCN=C(Cl)Cl. The van der Waals surface area contributed by atoms with Crippen LogP contribution in [0.15, 0.2) is 4.99 Å². The highest BCUT2D eigenvalue weighted by atomic mass is 35.5. The molecule has 0 radical (unpaired) electrons. The van der Waals surface area contributed by atoms with E-state index >= 15 is 0 Å². The van der Waals surface area contributed by atoms with E-state index in [0.717, 1.165) is 13.0 Å². The average molecular weight is 140 g/mol. The van der Waals surface area contributed by atoms with Crippen LogP contribution in [-0.4, -0.2) is 11.2 Å². The van der Waals surface area contributed by atoms with E-state index in [1.54, 1.807) is 0 Å². The van der Waals surface area contributed by atoms with Crippen LogP contribution in [0, 0.1) is 0 Å². The van der Waals surface area contributed by atoms with Crippen molar-refractivity contribution in [2.75, 3.05) is 6.54 Å². The van der Waals surface area contributed by atoms with Crippen molar-refractivity contribution in [3.63, 3.8) is 0 Å². The van der Waals surface area contributed by atoms with Crippen molar-refractivity contribution in [1.82, 2.24) is 0 Å². The molecule has 3 heteroatoms. The van der Waals surface area contributed by atoms with Gasteiger partial charge in [-0.25, -0.2) is 0 Å². The van der Waals surface area contributed by atoms with Gasteiger partial charge >= 0.3 is 0 Å². The van der Waals surface area contributed by atoms with E-state index in [4.69, 9.17) is 23.2 Å². The van der Waals surface area contributed by atoms with E-state index in [1.807, 2.05) is 6.92 Å². The van der Waals surface area contributed by atoms with Gasteiger partial charge in [0, 0.05) is 6.54 Å². The molecule has 7 heavy (non-hydrogen) atoms. The highest BCUT2D eigenvalue weighted by Gasteiger charge is 1.79. The summed E-state index contributed by atoms with van der Waals surface area (Å²) in [6.07, 6.45) is 0.989. The molecule has 0 saturated heterocycles. The quantitative estimate of drug-likeness (QED) is 0.521. The fourth-order valence-electron chi connectivity index (χ4n) is 0.196. The highest BCUT2D eigenvalue weighted by Crippen LogP contribution is 1.91. The number of aliphatic imine (C=N–C) groups is 1. The van der Waals surface area contributed by atoms with Crippen LogP contribution in [0.1, 0.15) is 13.3 Å². The van der Waals surface area contributed by atoms with Gasteiger partial charge < -0.3 is 0 Å². The fourth-order valence-corrected chi connectivity index (χ4v) is 0.365. The first-order valence-electron chi connectivity index (χ1n) is 2.12. The Balaban J connectivity index is 3.08. The molecule has 0 bridgehead atoms. The van der Waals surface area contributed by atoms with Crippen molar-refractivity contribution < 1.29 is 0 Å². The Morgan fingerprint density at radius 1 is 1.57 bits per heavy atom. The Kier molecular flexibility index (Phi) is 4.57. The predicted molar refractivity (Wildman–Crippen MR) is 34.3 cm³/mol. The molecule has 0 aliphatic carbocycles. The second kappa shape index (κ2) is 4.41. The van der Waals surface area contributed by atoms with Gasteiger partial charge in [-0.1, -0.05) is 6.92 Å². The minimum atomic E-state index is 0.127. The summed E-state index contributed by atoms with van der Waals surface area (Å²) >= 11 is 10.3. The molecule has 0 saturated carbocycles. The van der Waals surface area contributed by atoms with Crippen molar-refractivity contribution in [2.24, 2.45) is 4.99 Å². The van der Waals surface area contributed by atoms with Crippen LogP contribution in [0.4, 0.5) is 0 Å². The zero-order valence-corrected chi connectivity index (χ0v) is 5.63. The molecule has 0 aliphatic rings. The maximum absolute atomic E-state index is 5.17. The molecule has 0 aromatic carbocycles. The van der Waals surface area contributed by atoms with Gasteiger partial charge in [-0.2, -0.15) is 0 Å². The highest BCUT2D eigenvalue weighted by molar-refractivity contribution is 6.95. The van der Waals surface area contributed by atoms with Gasteiger partial charge in [0.05, 0.1) is 0 Å². The topological polar surface area (TPSA) is 12.4 Å². The Hall–Kier alpha value is 0.250. The lowest BCUT2D eigenvalue weighted by atomic mass is 10.5. The summed E-state index contributed by atoms with van der Waals surface area (Å²) in [6.45, 7) is 2.74. The smallest absolute Gasteiger partial charge is 0.191 e. The molecule has 0 aromatic heterocycles. The van der Waals surface area contributed by atoms with Gasteiger partial charge in [0.2, 0.25) is 0 Å². The Labute approximate surface area is 53.3 Å². The summed E-state index contributed by atoms with van der Waals surface area (Å²) in [6, 6.07) is 0. The molecule has 42 valence electrons. The van der Waals surface area contributed by atoms with E-state index < -0.39 is 0 Å². The van der Waals surface area contributed by atoms with Gasteiger partial charge in [0.1, 0.15) is 0 Å². The molecule has 0 heterocycles. The van der Waals surface area contributed by atoms with Crippen molar-refractivity contribution in [3.8, 4) is 0 Å². The summed E-state index contributed by atoms with van der Waals surface area (Å²) < 4.78 is 0.127. The summed E-state index contributed by atoms with van der Waals surface area (Å²) in [5.41, 5.74) is 0. The third-order valence-electron chi connectivity index (χ3n) is 0.455. The lowest BCUT2D eigenvalue weighted by Gasteiger charge is -1.81. The third kappa shape index (κ3) is 6.25. The second-order valence-corrected chi connectivity index (χ2v) is 2.03. The van der Waals surface area contributed by atoms with E-state index in [1.165, 1.54) is 0 Å². The van der Waals surface area contributed by atoms with Gasteiger partial charge in [0.15, 0.2) is 4.63 Å². The van der Waals surface area contributed by atoms with Crippen LogP contribution in [0.2, 0.25) is 0 Å². The fraction of sp³-hybridized carbons (Fsp3) is 0.750. The van der Waals surface area contributed by atoms with E-state index in [0.29, 0.717) is 0 Å². The summed E-state index contributed by atoms with van der Waals surface area (Å²) in [7, 11) is 0. The van der Waals surface area contributed by atoms with Gasteiger partial charge in [0.25, 0.3) is 0 Å². The average Bonchev–Trinajstić information content (AvgIpc) is 1.61. The number of rotatable bonds is 2. The molecule has 0 N–H and O–H groups in total. The van der Waals surface area contributed by atoms with Crippen molar-refractivity contribution >= 4 is 27.8 Å². The van der Waals surface area contributed by atoms with Crippen LogP contribution in [-0.2, 0) is 0 Å². The Morgan fingerprint density at radius 2 is 2.14 bits per heavy atom. The number of hydrogen-bond acceptors (Lipinski definition) is 1. The van der Waals surface area contributed by atoms with Gasteiger partial charge in [-0.3, -0.25) is 4.99 Å². The molecular formula is C4H7Cl2N. The molecule has 0 unspecified atom stereocenters. The molecule has 1 nitrogen and oxygen atoms in total. The van der Waals surface area contributed by atoms with E-state index in [2.05, 4.69) is 4.99 Å². The first kappa shape index (κ1) is 7.25. The Morgan fingerprint density at radius 3 is 2.29 bits per heavy atom. The first-order chi connectivity index (χ1) is 3.27. The molecule has 0 aromatic rings. The molecule has 0 atom stereocenters. The molecule has 0 rings (SSSR count). The lowest BCUT2D eigenvalue weighted by Crippen LogP contribution is -1.76. The molecule has 0 spiro atoms. The van der Waals surface area contributed by atoms with Gasteiger partial charge in [-0.05, 0) is 29.6 Å². The standard InChI is InChI=1S/C4H7Cl2N/c1-2-3-7-4(5)6/h2-3H2,1H3. The zero-order chi connectivity index (χ0) is 5.70. The van der Waals surface area contributed by atoms with Crippen LogP contribution < -0.4 is 0 Å². The number of hydrogen-bond donors (Lipinski definition) is 0. The largest absolute Gasteiger partial charge is 0.263 e. The maximum atomic E-state index is 5.17. The van der Waals surface area contributed by atoms with Crippen LogP contribution >= 0.6 is 23.2 Å². The van der Waals surface area contributed by atoms with Crippen molar-refractivity contribution in [1.29, 1.82) is 0 Å². The second-order valence-electron chi connectivity index (χ2n) is 1.12. The van der Waals surface area contributed by atoms with Gasteiger partial charge in [-0.15, -0.1) is 0 Å². The van der Waals surface area contributed by atoms with Crippen LogP contribution in [0.25, 0.3) is 0 Å². The minimum Gasteiger partial charge on any atom is -0.263 e. The summed E-state index contributed by atoms with van der Waals surface area (Å²) in [5.74, 6) is 0. The molecule has 0 aliphatic heterocycles. The molecule has 0 amide bonds. The number of nitrogens with zero attached hydrogens (tertiary/aromatic N) is 1. The van der Waals surface area contributed by atoms with E-state index in [9.17, 15) is 0 Å². The zero-order valence-electron chi connectivity index (χ0n) is 4.12. The molecular weight excluding hydrogens is 133 g/mol. The first-order valence-corrected chi connectivity index (χ1v) is 2.88. The van der Waals surface area contributed by atoms with Crippen molar-refractivity contribution in [2.45, 2.75) is 13.3 Å². The third-order valence-corrected chi connectivity index (χ3v) is 0.694. The van der Waals surface area contributed by atoms with Crippen molar-refractivity contribution in [3.05, 3.63) is 0 Å². The molecule has 0 fully saturated rings. The summed E-state index contributed by atoms with van der Waals surface area (Å²) in [5, 5.41) is 0. The van der Waals surface area contributed by atoms with Crippen LogP contribution in [0.5, 0.6) is 0 Å². The normalized spacial score (nSPS) is 8.43. The Bertz CT molecular complexity index is 66.1. The van der Waals surface area contributed by atoms with E-state index in [-0.39, 0.29) is 4.63 Å². The maximum Gasteiger partial charge on any atom is 0.191 e. The minimum absolute atomic E-state index is 0.127. The number of halogens is 2.